The average Bonchev–Trinajstić information content (AvgIpc) is 2.43. The Balaban J connectivity index is 1.94. The highest BCUT2D eigenvalue weighted by molar-refractivity contribution is 6.37. The molecule has 0 radical (unpaired) electrons. The summed E-state index contributed by atoms with van der Waals surface area (Å²) in [5.41, 5.74) is 0.555. The Hall–Kier alpha value is -1.26. The van der Waals surface area contributed by atoms with E-state index < -0.39 is 0 Å². The van der Waals surface area contributed by atoms with Crippen LogP contribution in [0.25, 0.3) is 0 Å². The number of carbonyl (C=O) groups excluding carboxylic acids is 2. The summed E-state index contributed by atoms with van der Waals surface area (Å²) in [7, 11) is 0. The summed E-state index contributed by atoms with van der Waals surface area (Å²) in [5.74, 6) is -0.0613. The molecule has 3 rings (SSSR count). The Bertz CT molecular complexity index is 576. The Morgan fingerprint density at radius 2 is 1.95 bits per heavy atom. The second kappa shape index (κ2) is 5.26. The molecule has 1 aromatic carbocycles. The molecule has 0 saturated carbocycles. The van der Waals surface area contributed by atoms with Crippen molar-refractivity contribution >= 4 is 40.7 Å². The first kappa shape index (κ1) is 13.7. The first-order chi connectivity index (χ1) is 9.58. The summed E-state index contributed by atoms with van der Waals surface area (Å²) in [6, 6.07) is 4.61. The van der Waals surface area contributed by atoms with E-state index in [1.54, 1.807) is 23.1 Å². The van der Waals surface area contributed by atoms with Gasteiger partial charge in [0.05, 0.1) is 10.7 Å². The molecule has 2 fully saturated rings. The fourth-order valence-corrected chi connectivity index (χ4v) is 3.39. The molecule has 2 aliphatic heterocycles. The van der Waals surface area contributed by atoms with Gasteiger partial charge < -0.3 is 4.90 Å². The van der Waals surface area contributed by atoms with Crippen molar-refractivity contribution in [1.29, 1.82) is 0 Å². The molecule has 0 aliphatic carbocycles. The van der Waals surface area contributed by atoms with Crippen molar-refractivity contribution in [2.45, 2.75) is 25.3 Å². The molecule has 0 N–H and O–H groups in total. The van der Waals surface area contributed by atoms with Gasteiger partial charge in [-0.3, -0.25) is 14.5 Å². The molecule has 20 heavy (non-hydrogen) atoms. The number of halogens is 2. The summed E-state index contributed by atoms with van der Waals surface area (Å²) in [4.78, 5) is 28.0. The van der Waals surface area contributed by atoms with Crippen LogP contribution >= 0.6 is 23.2 Å². The Labute approximate surface area is 127 Å². The van der Waals surface area contributed by atoms with Gasteiger partial charge in [-0.05, 0) is 37.5 Å². The third kappa shape index (κ3) is 2.27. The van der Waals surface area contributed by atoms with Crippen molar-refractivity contribution in [2.24, 2.45) is 0 Å². The van der Waals surface area contributed by atoms with Crippen molar-refractivity contribution in [2.75, 3.05) is 18.0 Å². The van der Waals surface area contributed by atoms with Crippen molar-refractivity contribution in [3.63, 3.8) is 0 Å². The number of fused-ring (bicyclic) bond motifs is 1. The maximum Gasteiger partial charge on any atom is 0.250 e. The molecule has 0 bridgehead atoms. The van der Waals surface area contributed by atoms with Crippen LogP contribution in [-0.4, -0.2) is 35.8 Å². The lowest BCUT2D eigenvalue weighted by Gasteiger charge is -2.42. The minimum Gasteiger partial charge on any atom is -0.329 e. The van der Waals surface area contributed by atoms with Crippen LogP contribution in [0.2, 0.25) is 10.0 Å². The third-order valence-electron chi connectivity index (χ3n) is 3.87. The summed E-state index contributed by atoms with van der Waals surface area (Å²) < 4.78 is 0. The van der Waals surface area contributed by atoms with E-state index in [0.29, 0.717) is 22.3 Å². The van der Waals surface area contributed by atoms with Gasteiger partial charge >= 0.3 is 0 Å². The number of benzene rings is 1. The molecule has 4 nitrogen and oxygen atoms in total. The van der Waals surface area contributed by atoms with Gasteiger partial charge in [-0.2, -0.15) is 0 Å². The normalized spacial score (nSPS) is 23.0. The van der Waals surface area contributed by atoms with Crippen molar-refractivity contribution in [3.05, 3.63) is 28.2 Å². The first-order valence-electron chi connectivity index (χ1n) is 6.64. The van der Waals surface area contributed by atoms with Gasteiger partial charge in [-0.25, -0.2) is 0 Å². The summed E-state index contributed by atoms with van der Waals surface area (Å²) >= 11 is 12.0. The van der Waals surface area contributed by atoms with Gasteiger partial charge in [0.1, 0.15) is 12.6 Å². The molecule has 2 heterocycles. The highest BCUT2D eigenvalue weighted by Crippen LogP contribution is 2.32. The third-order valence-corrected chi connectivity index (χ3v) is 4.41. The van der Waals surface area contributed by atoms with E-state index in [1.165, 1.54) is 4.90 Å². The number of carbonyl (C=O) groups is 2. The predicted octanol–water partition coefficient (Wildman–Crippen LogP) is 2.72. The molecule has 106 valence electrons. The largest absolute Gasteiger partial charge is 0.329 e. The maximum atomic E-state index is 12.6. The number of hydrogen-bond acceptors (Lipinski definition) is 2. The van der Waals surface area contributed by atoms with Gasteiger partial charge in [0.25, 0.3) is 0 Å². The second-order valence-electron chi connectivity index (χ2n) is 5.12. The molecular formula is C14H14Cl2N2O2. The summed E-state index contributed by atoms with van der Waals surface area (Å²) in [6.45, 7) is 0.730. The molecule has 0 aromatic heterocycles. The number of hydrogen-bond donors (Lipinski definition) is 0. The predicted molar refractivity (Wildman–Crippen MR) is 78.2 cm³/mol. The van der Waals surface area contributed by atoms with Crippen LogP contribution in [0, 0.1) is 0 Å². The molecule has 6 heteroatoms. The first-order valence-corrected chi connectivity index (χ1v) is 7.39. The highest BCUT2D eigenvalue weighted by Gasteiger charge is 2.41. The van der Waals surface area contributed by atoms with Crippen LogP contribution in [0.3, 0.4) is 0 Å². The molecule has 0 spiro atoms. The number of anilines is 1. The van der Waals surface area contributed by atoms with E-state index in [1.807, 2.05) is 0 Å². The van der Waals surface area contributed by atoms with Gasteiger partial charge in [-0.1, -0.05) is 23.2 Å². The fourth-order valence-electron chi connectivity index (χ4n) is 2.87. The zero-order valence-electron chi connectivity index (χ0n) is 10.8. The summed E-state index contributed by atoms with van der Waals surface area (Å²) in [6.07, 6.45) is 2.67. The second-order valence-corrected chi connectivity index (χ2v) is 5.96. The highest BCUT2D eigenvalue weighted by atomic mass is 35.5. The molecule has 1 unspecified atom stereocenters. The van der Waals surface area contributed by atoms with Crippen LogP contribution in [-0.2, 0) is 9.59 Å². The van der Waals surface area contributed by atoms with Crippen molar-refractivity contribution in [3.8, 4) is 0 Å². The zero-order valence-corrected chi connectivity index (χ0v) is 12.3. The van der Waals surface area contributed by atoms with E-state index in [9.17, 15) is 9.59 Å². The topological polar surface area (TPSA) is 40.6 Å². The molecule has 1 atom stereocenters. The number of nitrogens with zero attached hydrogens (tertiary/aromatic N) is 2. The van der Waals surface area contributed by atoms with E-state index in [4.69, 9.17) is 23.2 Å². The van der Waals surface area contributed by atoms with E-state index >= 15 is 0 Å². The number of amides is 2. The van der Waals surface area contributed by atoms with Crippen molar-refractivity contribution in [1.82, 2.24) is 4.90 Å². The van der Waals surface area contributed by atoms with Crippen LogP contribution in [0.1, 0.15) is 19.3 Å². The van der Waals surface area contributed by atoms with Crippen LogP contribution < -0.4 is 4.90 Å². The average molecular weight is 313 g/mol. The lowest BCUT2D eigenvalue weighted by molar-refractivity contribution is -0.144. The molecule has 2 amide bonds. The van der Waals surface area contributed by atoms with Crippen LogP contribution in [0.5, 0.6) is 0 Å². The minimum atomic E-state index is -0.336. The molecule has 1 aromatic rings. The van der Waals surface area contributed by atoms with Gasteiger partial charge in [-0.15, -0.1) is 0 Å². The number of piperazine rings is 1. The van der Waals surface area contributed by atoms with E-state index in [-0.39, 0.29) is 24.4 Å². The van der Waals surface area contributed by atoms with Crippen molar-refractivity contribution < 1.29 is 9.59 Å². The maximum absolute atomic E-state index is 12.6. The fraction of sp³-hybridized carbons (Fsp3) is 0.429. The minimum absolute atomic E-state index is 0.0136. The van der Waals surface area contributed by atoms with Crippen LogP contribution in [0.4, 0.5) is 5.69 Å². The SMILES string of the molecule is O=C1C2CCCCN2C(=O)CN1c1ccc(Cl)cc1Cl. The van der Waals surface area contributed by atoms with E-state index in [0.717, 1.165) is 19.3 Å². The lowest BCUT2D eigenvalue weighted by atomic mass is 9.98. The van der Waals surface area contributed by atoms with Gasteiger partial charge in [0.2, 0.25) is 11.8 Å². The van der Waals surface area contributed by atoms with Gasteiger partial charge in [0.15, 0.2) is 0 Å². The lowest BCUT2D eigenvalue weighted by Crippen LogP contribution is -2.61. The van der Waals surface area contributed by atoms with E-state index in [2.05, 4.69) is 0 Å². The molecule has 2 saturated heterocycles. The Morgan fingerprint density at radius 1 is 1.15 bits per heavy atom. The Kier molecular flexibility index (Phi) is 3.61. The molecule has 2 aliphatic rings. The Morgan fingerprint density at radius 3 is 2.70 bits per heavy atom. The smallest absolute Gasteiger partial charge is 0.250 e. The van der Waals surface area contributed by atoms with Gasteiger partial charge in [0, 0.05) is 11.6 Å². The number of piperidine rings is 1. The molecular weight excluding hydrogens is 299 g/mol. The van der Waals surface area contributed by atoms with Crippen LogP contribution in [0.15, 0.2) is 18.2 Å². The summed E-state index contributed by atoms with van der Waals surface area (Å²) in [5, 5.41) is 0.900. The number of rotatable bonds is 1. The standard InChI is InChI=1S/C14H14Cl2N2O2/c15-9-4-5-11(10(16)7-9)18-8-13(19)17-6-2-1-3-12(17)14(18)20/h4-5,7,12H,1-3,6,8H2. The zero-order chi connectivity index (χ0) is 14.3. The monoisotopic (exact) mass is 312 g/mol. The quantitative estimate of drug-likeness (QED) is 0.800.